The molecule has 6 heteroatoms. The van der Waals surface area contributed by atoms with E-state index in [-0.39, 0.29) is 11.8 Å². The summed E-state index contributed by atoms with van der Waals surface area (Å²) in [6, 6.07) is 3.68. The highest BCUT2D eigenvalue weighted by Gasteiger charge is 2.15. The molecule has 0 aromatic heterocycles. The van der Waals surface area contributed by atoms with Crippen molar-refractivity contribution in [3.63, 3.8) is 0 Å². The maximum atomic E-state index is 11.2. The molecule has 1 N–H and O–H groups in total. The summed E-state index contributed by atoms with van der Waals surface area (Å²) < 4.78 is 16.8. The van der Waals surface area contributed by atoms with Gasteiger partial charge in [0.15, 0.2) is 11.5 Å². The maximum absolute atomic E-state index is 11.2. The Bertz CT molecular complexity index is 438. The molecule has 0 radical (unpaired) electrons. The van der Waals surface area contributed by atoms with Gasteiger partial charge >= 0.3 is 0 Å². The van der Waals surface area contributed by atoms with Crippen LogP contribution < -0.4 is 19.5 Å². The molecule has 0 bridgehead atoms. The predicted molar refractivity (Wildman–Crippen MR) is 82.5 cm³/mol. The topological polar surface area (TPSA) is 56.8 Å². The molecule has 0 saturated heterocycles. The van der Waals surface area contributed by atoms with E-state index in [2.05, 4.69) is 5.32 Å². The van der Waals surface area contributed by atoms with Gasteiger partial charge in [0.05, 0.1) is 19.8 Å². The van der Waals surface area contributed by atoms with Crippen LogP contribution in [-0.2, 0) is 11.3 Å². The minimum Gasteiger partial charge on any atom is -0.490 e. The van der Waals surface area contributed by atoms with Gasteiger partial charge in [0.2, 0.25) is 11.7 Å². The summed E-state index contributed by atoms with van der Waals surface area (Å²) in [6.07, 6.45) is 0. The Morgan fingerprint density at radius 1 is 1.05 bits per heavy atom. The molecule has 1 rings (SSSR count). The number of hydrogen-bond acceptors (Lipinski definition) is 4. The minimum absolute atomic E-state index is 0.0618. The number of halogens is 1. The molecule has 118 valence electrons. The summed E-state index contributed by atoms with van der Waals surface area (Å²) in [7, 11) is 0. The third kappa shape index (κ3) is 5.34. The van der Waals surface area contributed by atoms with E-state index in [9.17, 15) is 4.79 Å². The average Bonchev–Trinajstić information content (AvgIpc) is 2.48. The quantitative estimate of drug-likeness (QED) is 0.712. The van der Waals surface area contributed by atoms with Crippen LogP contribution >= 0.6 is 11.6 Å². The van der Waals surface area contributed by atoms with Gasteiger partial charge in [0, 0.05) is 6.54 Å². The van der Waals surface area contributed by atoms with Gasteiger partial charge in [-0.25, -0.2) is 0 Å². The molecule has 0 aliphatic rings. The zero-order valence-corrected chi connectivity index (χ0v) is 13.5. The Morgan fingerprint density at radius 2 is 1.57 bits per heavy atom. The number of hydrogen-bond donors (Lipinski definition) is 1. The molecule has 0 aliphatic carbocycles. The van der Waals surface area contributed by atoms with E-state index < -0.39 is 0 Å². The van der Waals surface area contributed by atoms with E-state index in [1.807, 2.05) is 32.9 Å². The van der Waals surface area contributed by atoms with Crippen LogP contribution in [0.1, 0.15) is 26.3 Å². The fraction of sp³-hybridized carbons (Fsp3) is 0.533. The number of alkyl halides is 1. The summed E-state index contributed by atoms with van der Waals surface area (Å²) in [5.41, 5.74) is 0.865. The van der Waals surface area contributed by atoms with Gasteiger partial charge in [-0.2, -0.15) is 0 Å². The number of carbonyl (C=O) groups excluding carboxylic acids is 1. The van der Waals surface area contributed by atoms with Crippen LogP contribution in [0.5, 0.6) is 17.2 Å². The zero-order chi connectivity index (χ0) is 15.7. The Kier molecular flexibility index (Phi) is 7.75. The third-order valence-corrected chi connectivity index (χ3v) is 2.82. The van der Waals surface area contributed by atoms with Gasteiger partial charge in [-0.15, -0.1) is 11.6 Å². The van der Waals surface area contributed by atoms with Gasteiger partial charge < -0.3 is 19.5 Å². The van der Waals surface area contributed by atoms with Crippen molar-refractivity contribution in [2.24, 2.45) is 0 Å². The lowest BCUT2D eigenvalue weighted by Crippen LogP contribution is -2.23. The summed E-state index contributed by atoms with van der Waals surface area (Å²) in [5, 5.41) is 2.72. The molecule has 0 heterocycles. The van der Waals surface area contributed by atoms with E-state index >= 15 is 0 Å². The SMILES string of the molecule is CCOc1cc(CNC(=O)CCl)cc(OCC)c1OCC. The first kappa shape index (κ1) is 17.4. The Labute approximate surface area is 130 Å². The lowest BCUT2D eigenvalue weighted by atomic mass is 10.1. The average molecular weight is 316 g/mol. The van der Waals surface area contributed by atoms with Crippen LogP contribution in [0.2, 0.25) is 0 Å². The Balaban J connectivity index is 3.06. The zero-order valence-electron chi connectivity index (χ0n) is 12.7. The highest BCUT2D eigenvalue weighted by atomic mass is 35.5. The predicted octanol–water partition coefficient (Wildman–Crippen LogP) is 2.74. The van der Waals surface area contributed by atoms with Crippen LogP contribution in [0.4, 0.5) is 0 Å². The molecule has 1 amide bonds. The smallest absolute Gasteiger partial charge is 0.235 e. The second kappa shape index (κ2) is 9.34. The van der Waals surface area contributed by atoms with Crippen molar-refractivity contribution >= 4 is 17.5 Å². The largest absolute Gasteiger partial charge is 0.490 e. The van der Waals surface area contributed by atoms with E-state index in [1.165, 1.54) is 0 Å². The lowest BCUT2D eigenvalue weighted by molar-refractivity contribution is -0.118. The monoisotopic (exact) mass is 315 g/mol. The van der Waals surface area contributed by atoms with Gasteiger partial charge in [0.25, 0.3) is 0 Å². The molecule has 5 nitrogen and oxygen atoms in total. The first-order chi connectivity index (χ1) is 10.2. The Morgan fingerprint density at radius 3 is 2.00 bits per heavy atom. The highest BCUT2D eigenvalue weighted by molar-refractivity contribution is 6.27. The maximum Gasteiger partial charge on any atom is 0.235 e. The molecule has 0 fully saturated rings. The molecular formula is C15H22ClNO4. The van der Waals surface area contributed by atoms with Crippen LogP contribution in [0.15, 0.2) is 12.1 Å². The molecule has 0 saturated carbocycles. The number of nitrogens with one attached hydrogen (secondary N) is 1. The second-order valence-electron chi connectivity index (χ2n) is 4.13. The first-order valence-electron chi connectivity index (χ1n) is 7.04. The molecule has 1 aromatic rings. The van der Waals surface area contributed by atoms with E-state index in [0.717, 1.165) is 5.56 Å². The molecule has 0 spiro atoms. The summed E-state index contributed by atoms with van der Waals surface area (Å²) in [6.45, 7) is 7.61. The van der Waals surface area contributed by atoms with Gasteiger partial charge in [0.1, 0.15) is 5.88 Å². The standard InChI is InChI=1S/C15H22ClNO4/c1-4-19-12-7-11(10-17-14(18)9-16)8-13(20-5-2)15(12)21-6-3/h7-8H,4-6,9-10H2,1-3H3,(H,17,18). The van der Waals surface area contributed by atoms with Gasteiger partial charge in [-0.1, -0.05) is 0 Å². The first-order valence-corrected chi connectivity index (χ1v) is 7.57. The van der Waals surface area contributed by atoms with Crippen molar-refractivity contribution in [3.8, 4) is 17.2 Å². The molecule has 0 atom stereocenters. The second-order valence-corrected chi connectivity index (χ2v) is 4.40. The fourth-order valence-corrected chi connectivity index (χ4v) is 1.89. The summed E-state index contributed by atoms with van der Waals surface area (Å²) in [4.78, 5) is 11.2. The number of rotatable bonds is 9. The third-order valence-electron chi connectivity index (χ3n) is 2.58. The van der Waals surface area contributed by atoms with Crippen molar-refractivity contribution in [2.45, 2.75) is 27.3 Å². The minimum atomic E-state index is -0.221. The number of ether oxygens (including phenoxy) is 3. The van der Waals surface area contributed by atoms with Crippen LogP contribution in [0.25, 0.3) is 0 Å². The van der Waals surface area contributed by atoms with Crippen LogP contribution in [0, 0.1) is 0 Å². The van der Waals surface area contributed by atoms with E-state index in [1.54, 1.807) is 0 Å². The number of amides is 1. The molecule has 21 heavy (non-hydrogen) atoms. The van der Waals surface area contributed by atoms with E-state index in [0.29, 0.717) is 43.6 Å². The fourth-order valence-electron chi connectivity index (χ4n) is 1.79. The lowest BCUT2D eigenvalue weighted by Gasteiger charge is -2.17. The van der Waals surface area contributed by atoms with Crippen LogP contribution in [0.3, 0.4) is 0 Å². The van der Waals surface area contributed by atoms with Crippen molar-refractivity contribution in [1.82, 2.24) is 5.32 Å². The molecular weight excluding hydrogens is 294 g/mol. The number of carbonyl (C=O) groups is 1. The normalized spacial score (nSPS) is 10.1. The van der Waals surface area contributed by atoms with Crippen molar-refractivity contribution < 1.29 is 19.0 Å². The van der Waals surface area contributed by atoms with Gasteiger partial charge in [-0.05, 0) is 38.5 Å². The highest BCUT2D eigenvalue weighted by Crippen LogP contribution is 2.39. The van der Waals surface area contributed by atoms with Crippen LogP contribution in [-0.4, -0.2) is 31.6 Å². The van der Waals surface area contributed by atoms with Crippen molar-refractivity contribution in [2.75, 3.05) is 25.7 Å². The van der Waals surface area contributed by atoms with E-state index in [4.69, 9.17) is 25.8 Å². The summed E-state index contributed by atoms with van der Waals surface area (Å²) >= 11 is 5.47. The molecule has 0 aliphatic heterocycles. The molecule has 1 aromatic carbocycles. The van der Waals surface area contributed by atoms with Gasteiger partial charge in [-0.3, -0.25) is 4.79 Å². The summed E-state index contributed by atoms with van der Waals surface area (Å²) in [5.74, 6) is 1.53. The Hall–Kier alpha value is -1.62. The van der Waals surface area contributed by atoms with Crippen molar-refractivity contribution in [3.05, 3.63) is 17.7 Å². The number of benzene rings is 1. The molecule has 0 unspecified atom stereocenters. The van der Waals surface area contributed by atoms with Crippen molar-refractivity contribution in [1.29, 1.82) is 0 Å².